The standard InChI is InChI=1S/C11H15ClN2/c1-8-10-7-9(12)3-4-11(10)13-5-6-14(8)2/h3-4,7-8,13H,5-6H2,1-2H3. The smallest absolute Gasteiger partial charge is 0.0410 e. The first-order chi connectivity index (χ1) is 6.68. The Labute approximate surface area is 89.9 Å². The van der Waals surface area contributed by atoms with Crippen molar-refractivity contribution in [1.82, 2.24) is 4.90 Å². The van der Waals surface area contributed by atoms with E-state index in [0.717, 1.165) is 18.1 Å². The maximum absolute atomic E-state index is 6.00. The SMILES string of the molecule is CC1c2cc(Cl)ccc2NCCN1C. The van der Waals surface area contributed by atoms with Crippen molar-refractivity contribution in [1.29, 1.82) is 0 Å². The molecule has 14 heavy (non-hydrogen) atoms. The molecule has 1 aliphatic heterocycles. The van der Waals surface area contributed by atoms with E-state index in [2.05, 4.69) is 36.3 Å². The zero-order valence-electron chi connectivity index (χ0n) is 8.55. The van der Waals surface area contributed by atoms with Gasteiger partial charge in [-0.1, -0.05) is 11.6 Å². The summed E-state index contributed by atoms with van der Waals surface area (Å²) >= 11 is 6.00. The number of hydrogen-bond donors (Lipinski definition) is 1. The summed E-state index contributed by atoms with van der Waals surface area (Å²) in [5.74, 6) is 0. The van der Waals surface area contributed by atoms with Crippen molar-refractivity contribution < 1.29 is 0 Å². The fourth-order valence-corrected chi connectivity index (χ4v) is 2.02. The quantitative estimate of drug-likeness (QED) is 0.709. The highest BCUT2D eigenvalue weighted by Crippen LogP contribution is 2.30. The minimum Gasteiger partial charge on any atom is -0.383 e. The molecule has 2 rings (SSSR count). The molecule has 76 valence electrons. The third-order valence-corrected chi connectivity index (χ3v) is 3.14. The van der Waals surface area contributed by atoms with Crippen LogP contribution in [0, 0.1) is 0 Å². The predicted molar refractivity (Wildman–Crippen MR) is 61.0 cm³/mol. The number of nitrogens with zero attached hydrogens (tertiary/aromatic N) is 1. The van der Waals surface area contributed by atoms with Crippen LogP contribution in [0.2, 0.25) is 5.02 Å². The van der Waals surface area contributed by atoms with Gasteiger partial charge in [-0.25, -0.2) is 0 Å². The zero-order chi connectivity index (χ0) is 10.1. The summed E-state index contributed by atoms with van der Waals surface area (Å²) < 4.78 is 0. The second-order valence-electron chi connectivity index (χ2n) is 3.81. The maximum atomic E-state index is 6.00. The van der Waals surface area contributed by atoms with E-state index in [1.165, 1.54) is 11.3 Å². The van der Waals surface area contributed by atoms with Gasteiger partial charge in [0, 0.05) is 29.8 Å². The molecule has 0 radical (unpaired) electrons. The molecule has 0 fully saturated rings. The molecule has 1 N–H and O–H groups in total. The molecular formula is C11H15ClN2. The zero-order valence-corrected chi connectivity index (χ0v) is 9.30. The van der Waals surface area contributed by atoms with Crippen molar-refractivity contribution in [2.45, 2.75) is 13.0 Å². The summed E-state index contributed by atoms with van der Waals surface area (Å²) in [7, 11) is 2.14. The highest BCUT2D eigenvalue weighted by atomic mass is 35.5. The lowest BCUT2D eigenvalue weighted by Gasteiger charge is -2.22. The van der Waals surface area contributed by atoms with Gasteiger partial charge in [0.1, 0.15) is 0 Å². The molecule has 1 aromatic rings. The van der Waals surface area contributed by atoms with Crippen LogP contribution in [-0.4, -0.2) is 25.0 Å². The van der Waals surface area contributed by atoms with Crippen molar-refractivity contribution in [2.24, 2.45) is 0 Å². The van der Waals surface area contributed by atoms with E-state index < -0.39 is 0 Å². The van der Waals surface area contributed by atoms with Crippen molar-refractivity contribution in [2.75, 3.05) is 25.5 Å². The van der Waals surface area contributed by atoms with Crippen LogP contribution in [0.25, 0.3) is 0 Å². The van der Waals surface area contributed by atoms with E-state index in [4.69, 9.17) is 11.6 Å². The van der Waals surface area contributed by atoms with Crippen molar-refractivity contribution in [3.8, 4) is 0 Å². The molecule has 1 atom stereocenters. The third kappa shape index (κ3) is 1.72. The first-order valence-corrected chi connectivity index (χ1v) is 5.30. The number of benzene rings is 1. The summed E-state index contributed by atoms with van der Waals surface area (Å²) in [6.07, 6.45) is 0. The van der Waals surface area contributed by atoms with Crippen molar-refractivity contribution in [3.05, 3.63) is 28.8 Å². The van der Waals surface area contributed by atoms with Gasteiger partial charge in [0.05, 0.1) is 0 Å². The minimum absolute atomic E-state index is 0.429. The van der Waals surface area contributed by atoms with Crippen LogP contribution in [0.3, 0.4) is 0 Å². The number of anilines is 1. The molecule has 1 aromatic carbocycles. The predicted octanol–water partition coefficient (Wildman–Crippen LogP) is 2.76. The second-order valence-corrected chi connectivity index (χ2v) is 4.25. The Morgan fingerprint density at radius 2 is 2.29 bits per heavy atom. The van der Waals surface area contributed by atoms with Gasteiger partial charge >= 0.3 is 0 Å². The van der Waals surface area contributed by atoms with Crippen LogP contribution in [0.1, 0.15) is 18.5 Å². The Hall–Kier alpha value is -0.730. The molecule has 3 heteroatoms. The van der Waals surface area contributed by atoms with Crippen LogP contribution in [0.5, 0.6) is 0 Å². The highest BCUT2D eigenvalue weighted by molar-refractivity contribution is 6.30. The molecule has 2 nitrogen and oxygen atoms in total. The molecular weight excluding hydrogens is 196 g/mol. The van der Waals surface area contributed by atoms with Crippen LogP contribution in [-0.2, 0) is 0 Å². The Balaban J connectivity index is 2.44. The highest BCUT2D eigenvalue weighted by Gasteiger charge is 2.18. The lowest BCUT2D eigenvalue weighted by atomic mass is 10.1. The van der Waals surface area contributed by atoms with E-state index in [1.54, 1.807) is 0 Å². The van der Waals surface area contributed by atoms with Gasteiger partial charge in [-0.05, 0) is 37.7 Å². The van der Waals surface area contributed by atoms with Gasteiger partial charge in [0.2, 0.25) is 0 Å². The first-order valence-electron chi connectivity index (χ1n) is 4.92. The fourth-order valence-electron chi connectivity index (χ4n) is 1.84. The summed E-state index contributed by atoms with van der Waals surface area (Å²) in [5.41, 5.74) is 2.50. The second kappa shape index (κ2) is 3.79. The van der Waals surface area contributed by atoms with Crippen LogP contribution in [0.4, 0.5) is 5.69 Å². The van der Waals surface area contributed by atoms with E-state index in [9.17, 15) is 0 Å². The molecule has 1 heterocycles. The van der Waals surface area contributed by atoms with E-state index in [-0.39, 0.29) is 0 Å². The van der Waals surface area contributed by atoms with Gasteiger partial charge in [-0.3, -0.25) is 4.90 Å². The first kappa shape index (κ1) is 9.81. The number of likely N-dealkylation sites (N-methyl/N-ethyl adjacent to an activating group) is 1. The molecule has 0 bridgehead atoms. The molecule has 0 spiro atoms. The van der Waals surface area contributed by atoms with E-state index >= 15 is 0 Å². The fraction of sp³-hybridized carbons (Fsp3) is 0.455. The van der Waals surface area contributed by atoms with Gasteiger partial charge in [0.15, 0.2) is 0 Å². The molecule has 1 aliphatic rings. The summed E-state index contributed by atoms with van der Waals surface area (Å²) in [6.45, 7) is 4.27. The van der Waals surface area contributed by atoms with Gasteiger partial charge in [-0.15, -0.1) is 0 Å². The van der Waals surface area contributed by atoms with E-state index in [1.807, 2.05) is 6.07 Å². The average Bonchev–Trinajstić information content (AvgIpc) is 2.30. The van der Waals surface area contributed by atoms with Crippen LogP contribution >= 0.6 is 11.6 Å². The minimum atomic E-state index is 0.429. The largest absolute Gasteiger partial charge is 0.383 e. The number of hydrogen-bond acceptors (Lipinski definition) is 2. The van der Waals surface area contributed by atoms with Gasteiger partial charge in [0.25, 0.3) is 0 Å². The molecule has 0 aliphatic carbocycles. The number of nitrogens with one attached hydrogen (secondary N) is 1. The normalized spacial score (nSPS) is 22.4. The number of rotatable bonds is 0. The summed E-state index contributed by atoms with van der Waals surface area (Å²) in [4.78, 5) is 2.33. The molecule has 0 amide bonds. The van der Waals surface area contributed by atoms with Crippen molar-refractivity contribution in [3.63, 3.8) is 0 Å². The number of fused-ring (bicyclic) bond motifs is 1. The average molecular weight is 211 g/mol. The van der Waals surface area contributed by atoms with Crippen LogP contribution < -0.4 is 5.32 Å². The third-order valence-electron chi connectivity index (χ3n) is 2.90. The Kier molecular flexibility index (Phi) is 2.66. The van der Waals surface area contributed by atoms with Crippen LogP contribution in [0.15, 0.2) is 18.2 Å². The summed E-state index contributed by atoms with van der Waals surface area (Å²) in [5, 5.41) is 4.23. The molecule has 1 unspecified atom stereocenters. The molecule has 0 saturated carbocycles. The summed E-state index contributed by atoms with van der Waals surface area (Å²) in [6, 6.07) is 6.48. The Morgan fingerprint density at radius 3 is 3.07 bits per heavy atom. The van der Waals surface area contributed by atoms with Crippen molar-refractivity contribution >= 4 is 17.3 Å². The maximum Gasteiger partial charge on any atom is 0.0410 e. The van der Waals surface area contributed by atoms with Gasteiger partial charge < -0.3 is 5.32 Å². The lowest BCUT2D eigenvalue weighted by Crippen LogP contribution is -2.24. The lowest BCUT2D eigenvalue weighted by molar-refractivity contribution is 0.277. The topological polar surface area (TPSA) is 15.3 Å². The Morgan fingerprint density at radius 1 is 1.50 bits per heavy atom. The Bertz CT molecular complexity index is 338. The molecule has 0 aromatic heterocycles. The molecule has 0 saturated heterocycles. The van der Waals surface area contributed by atoms with Gasteiger partial charge in [-0.2, -0.15) is 0 Å². The monoisotopic (exact) mass is 210 g/mol. The number of halogens is 1. The van der Waals surface area contributed by atoms with E-state index in [0.29, 0.717) is 6.04 Å².